The Bertz CT molecular complexity index is 1290. The van der Waals surface area contributed by atoms with Gasteiger partial charge < -0.3 is 29.0 Å². The summed E-state index contributed by atoms with van der Waals surface area (Å²) in [4.78, 5) is 17.3. The molecule has 5 rings (SSSR count). The highest BCUT2D eigenvalue weighted by molar-refractivity contribution is 6.20. The highest BCUT2D eigenvalue weighted by Crippen LogP contribution is 2.49. The molecule has 200 valence electrons. The summed E-state index contributed by atoms with van der Waals surface area (Å²) < 4.78 is 28.4. The van der Waals surface area contributed by atoms with E-state index in [1.54, 1.807) is 33.3 Å². The second-order valence-corrected chi connectivity index (χ2v) is 8.95. The summed E-state index contributed by atoms with van der Waals surface area (Å²) in [5.74, 6) is 2.50. The number of halogens is 1. The van der Waals surface area contributed by atoms with E-state index in [0.717, 1.165) is 65.5 Å². The van der Waals surface area contributed by atoms with Gasteiger partial charge in [0.15, 0.2) is 23.0 Å². The van der Waals surface area contributed by atoms with Gasteiger partial charge in [0, 0.05) is 50.0 Å². The van der Waals surface area contributed by atoms with Crippen molar-refractivity contribution in [2.75, 3.05) is 79.2 Å². The first-order valence-electron chi connectivity index (χ1n) is 12.2. The quantitative estimate of drug-likeness (QED) is 0.460. The molecule has 2 aliphatic rings. The summed E-state index contributed by atoms with van der Waals surface area (Å²) in [7, 11) is 6.49. The number of carbonyl (C=O) groups is 1. The summed E-state index contributed by atoms with van der Waals surface area (Å²) in [6.07, 6.45) is 0.335. The number of rotatable bonds is 7. The highest BCUT2D eigenvalue weighted by atomic mass is 35.5. The number of anilines is 1. The molecule has 0 aliphatic carbocycles. The van der Waals surface area contributed by atoms with Crippen LogP contribution in [0.1, 0.15) is 5.56 Å². The molecule has 0 spiro atoms. The monoisotopic (exact) mass is 531 g/mol. The molecule has 0 aromatic heterocycles. The molecule has 3 aromatic rings. The van der Waals surface area contributed by atoms with Crippen molar-refractivity contribution in [1.82, 2.24) is 10.2 Å². The van der Waals surface area contributed by atoms with Crippen molar-refractivity contribution in [3.8, 4) is 23.0 Å². The minimum absolute atomic E-state index is 0. The molecule has 0 atom stereocenters. The van der Waals surface area contributed by atoms with Crippen molar-refractivity contribution in [3.63, 3.8) is 0 Å². The Kier molecular flexibility index (Phi) is 8.36. The van der Waals surface area contributed by atoms with E-state index < -0.39 is 0 Å². The lowest BCUT2D eigenvalue weighted by atomic mass is 9.91. The van der Waals surface area contributed by atoms with E-state index in [-0.39, 0.29) is 18.5 Å². The smallest absolute Gasteiger partial charge is 0.414 e. The topological polar surface area (TPSA) is 81.7 Å². The van der Waals surface area contributed by atoms with Gasteiger partial charge in [-0.05, 0) is 47.0 Å². The van der Waals surface area contributed by atoms with E-state index in [0.29, 0.717) is 42.6 Å². The number of hydrogen-bond acceptors (Lipinski definition) is 8. The molecule has 0 unspecified atom stereocenters. The molecule has 3 aromatic carbocycles. The van der Waals surface area contributed by atoms with Gasteiger partial charge in [0.25, 0.3) is 0 Å². The van der Waals surface area contributed by atoms with Gasteiger partial charge in [0.2, 0.25) is 0 Å². The lowest BCUT2D eigenvalue weighted by Crippen LogP contribution is -2.45. The maximum absolute atomic E-state index is 13.3. The third-order valence-corrected chi connectivity index (χ3v) is 7.08. The van der Waals surface area contributed by atoms with E-state index in [4.69, 9.17) is 23.7 Å². The first kappa shape index (κ1) is 26.9. The molecule has 1 N–H and O–H groups in total. The van der Waals surface area contributed by atoms with Crippen molar-refractivity contribution in [2.45, 2.75) is 6.42 Å². The Morgan fingerprint density at radius 2 is 1.57 bits per heavy atom. The van der Waals surface area contributed by atoms with E-state index >= 15 is 0 Å². The van der Waals surface area contributed by atoms with Crippen LogP contribution >= 0.6 is 12.4 Å². The molecule has 0 saturated carbocycles. The van der Waals surface area contributed by atoms with Gasteiger partial charge in [-0.15, -0.1) is 12.4 Å². The van der Waals surface area contributed by atoms with Gasteiger partial charge >= 0.3 is 6.09 Å². The van der Waals surface area contributed by atoms with Crippen molar-refractivity contribution in [2.24, 2.45) is 0 Å². The maximum atomic E-state index is 13.3. The van der Waals surface area contributed by atoms with E-state index in [1.807, 2.05) is 24.3 Å². The van der Waals surface area contributed by atoms with Crippen LogP contribution in [-0.2, 0) is 11.2 Å². The number of piperazine rings is 1. The molecule has 1 fully saturated rings. The zero-order valence-corrected chi connectivity index (χ0v) is 22.5. The zero-order valence-electron chi connectivity index (χ0n) is 21.7. The molecule has 2 aliphatic heterocycles. The second-order valence-electron chi connectivity index (χ2n) is 8.95. The van der Waals surface area contributed by atoms with Gasteiger partial charge in [0.05, 0.1) is 34.1 Å². The van der Waals surface area contributed by atoms with Gasteiger partial charge in [-0.3, -0.25) is 9.80 Å². The molecule has 1 saturated heterocycles. The number of ether oxygens (including phenoxy) is 5. The first-order valence-corrected chi connectivity index (χ1v) is 12.2. The fourth-order valence-corrected chi connectivity index (χ4v) is 5.27. The van der Waals surface area contributed by atoms with E-state index in [1.165, 1.54) is 0 Å². The second kappa shape index (κ2) is 11.5. The van der Waals surface area contributed by atoms with Crippen LogP contribution in [-0.4, -0.2) is 85.3 Å². The van der Waals surface area contributed by atoms with Crippen LogP contribution in [0.5, 0.6) is 23.0 Å². The van der Waals surface area contributed by atoms with E-state index in [2.05, 4.69) is 10.2 Å². The number of carbonyl (C=O) groups excluding carboxylic acids is 1. The number of hydrogen-bond donors (Lipinski definition) is 1. The fraction of sp³-hybridized carbons (Fsp3) is 0.444. The summed E-state index contributed by atoms with van der Waals surface area (Å²) >= 11 is 0. The van der Waals surface area contributed by atoms with Gasteiger partial charge in [0.1, 0.15) is 6.61 Å². The molecule has 2 heterocycles. The number of amides is 1. The van der Waals surface area contributed by atoms with Crippen LogP contribution < -0.4 is 29.2 Å². The van der Waals surface area contributed by atoms with Crippen molar-refractivity contribution in [1.29, 1.82) is 0 Å². The Balaban J connectivity index is 0.00000320. The van der Waals surface area contributed by atoms with Crippen molar-refractivity contribution < 1.29 is 28.5 Å². The number of methoxy groups -OCH3 is 4. The predicted molar refractivity (Wildman–Crippen MR) is 147 cm³/mol. The predicted octanol–water partition coefficient (Wildman–Crippen LogP) is 3.85. The highest BCUT2D eigenvalue weighted by Gasteiger charge is 2.30. The minimum Gasteiger partial charge on any atom is -0.493 e. The number of benzene rings is 3. The number of nitrogens with zero attached hydrogens (tertiary/aromatic N) is 2. The molecule has 37 heavy (non-hydrogen) atoms. The lowest BCUT2D eigenvalue weighted by Gasteiger charge is -2.31. The summed E-state index contributed by atoms with van der Waals surface area (Å²) in [5, 5.41) is 6.99. The minimum atomic E-state index is -0.341. The summed E-state index contributed by atoms with van der Waals surface area (Å²) in [6, 6.07) is 7.89. The van der Waals surface area contributed by atoms with Crippen LogP contribution in [0.4, 0.5) is 10.5 Å². The third kappa shape index (κ3) is 4.91. The lowest BCUT2D eigenvalue weighted by molar-refractivity contribution is 0.128. The maximum Gasteiger partial charge on any atom is 0.414 e. The first-order chi connectivity index (χ1) is 17.6. The Labute approximate surface area is 222 Å². The largest absolute Gasteiger partial charge is 0.493 e. The van der Waals surface area contributed by atoms with Crippen molar-refractivity contribution >= 4 is 45.7 Å². The van der Waals surface area contributed by atoms with Gasteiger partial charge in [-0.1, -0.05) is 0 Å². The van der Waals surface area contributed by atoms with Crippen LogP contribution in [0, 0.1) is 0 Å². The zero-order chi connectivity index (χ0) is 25.2. The molecule has 1 amide bonds. The number of fused-ring (bicyclic) bond motifs is 2. The Morgan fingerprint density at radius 3 is 2.24 bits per heavy atom. The molecular formula is C27H34ClN3O6. The average molecular weight is 532 g/mol. The molecule has 0 bridgehead atoms. The average Bonchev–Trinajstić information content (AvgIpc) is 2.92. The Hall–Kier alpha value is -3.14. The normalized spacial score (nSPS) is 15.3. The van der Waals surface area contributed by atoms with Gasteiger partial charge in [-0.2, -0.15) is 0 Å². The van der Waals surface area contributed by atoms with Crippen molar-refractivity contribution in [3.05, 3.63) is 29.8 Å². The summed E-state index contributed by atoms with van der Waals surface area (Å²) in [6.45, 7) is 5.46. The van der Waals surface area contributed by atoms with Crippen LogP contribution in [0.2, 0.25) is 0 Å². The van der Waals surface area contributed by atoms with Gasteiger partial charge in [-0.25, -0.2) is 4.79 Å². The molecule has 10 heteroatoms. The Morgan fingerprint density at radius 1 is 0.865 bits per heavy atom. The molecule has 9 nitrogen and oxygen atoms in total. The van der Waals surface area contributed by atoms with Crippen LogP contribution in [0.25, 0.3) is 21.5 Å². The molecule has 0 radical (unpaired) electrons. The standard InChI is InChI=1S/C27H33N3O6.ClH/c1-32-21-15-18-13-20-24-17(5-8-30(20)27(31)36-12-11-29-9-6-28-7-10-29)14-23(34-3)26(35-4)25(24)19(18)16-22(21)33-2;/h13-16,28H,5-12H2,1-4H3;1H. The summed E-state index contributed by atoms with van der Waals surface area (Å²) in [5.41, 5.74) is 1.89. The fourth-order valence-electron chi connectivity index (χ4n) is 5.27. The van der Waals surface area contributed by atoms with Crippen LogP contribution in [0.15, 0.2) is 24.3 Å². The molecular weight excluding hydrogens is 498 g/mol. The van der Waals surface area contributed by atoms with E-state index in [9.17, 15) is 4.79 Å². The third-order valence-electron chi connectivity index (χ3n) is 7.08. The van der Waals surface area contributed by atoms with Crippen LogP contribution in [0.3, 0.4) is 0 Å². The SMILES string of the molecule is COc1cc2cc3c4c(cc(OC)c(OC)c4c2cc1OC)CCN3C(=O)OCCN1CCNCC1.Cl. The number of nitrogens with one attached hydrogen (secondary N) is 1.